The van der Waals surface area contributed by atoms with E-state index in [2.05, 4.69) is 5.32 Å². The summed E-state index contributed by atoms with van der Waals surface area (Å²) in [4.78, 5) is 26.0. The molecule has 1 saturated heterocycles. The van der Waals surface area contributed by atoms with E-state index in [-0.39, 0.29) is 24.0 Å². The van der Waals surface area contributed by atoms with E-state index in [1.807, 2.05) is 49.9 Å². The zero-order chi connectivity index (χ0) is 18.9. The Morgan fingerprint density at radius 3 is 2.42 bits per heavy atom. The molecule has 2 atom stereocenters. The maximum atomic E-state index is 12.2. The molecule has 0 bridgehead atoms. The first kappa shape index (κ1) is 20.2. The van der Waals surface area contributed by atoms with Crippen LogP contribution in [0.2, 0.25) is 0 Å². The highest BCUT2D eigenvalue weighted by Gasteiger charge is 2.25. The summed E-state index contributed by atoms with van der Waals surface area (Å²) in [6.45, 7) is 8.15. The standard InChI is InChI=1S/C20H30N2O4/c1-4-25-18-8-5-17(6-9-18)7-10-19(23)21-12-11-20(24)22-13-15(2)26-16(3)14-22/h5-6,8-9,15-16H,4,7,10-14H2,1-3H3,(H,21,23)/t15-,16-/m0/s1. The van der Waals surface area contributed by atoms with Gasteiger partial charge in [0.05, 0.1) is 18.8 Å². The Morgan fingerprint density at radius 2 is 1.81 bits per heavy atom. The van der Waals surface area contributed by atoms with Gasteiger partial charge in [-0.1, -0.05) is 12.1 Å². The molecule has 1 aliphatic heterocycles. The van der Waals surface area contributed by atoms with Crippen LogP contribution in [0.15, 0.2) is 24.3 Å². The number of aryl methyl sites for hydroxylation is 1. The molecule has 0 unspecified atom stereocenters. The van der Waals surface area contributed by atoms with Crippen LogP contribution in [-0.4, -0.2) is 55.2 Å². The SMILES string of the molecule is CCOc1ccc(CCC(=O)NCCC(=O)N2C[C@H](C)O[C@@H](C)C2)cc1. The Balaban J connectivity index is 1.64. The van der Waals surface area contributed by atoms with E-state index in [0.29, 0.717) is 45.5 Å². The highest BCUT2D eigenvalue weighted by atomic mass is 16.5. The van der Waals surface area contributed by atoms with Crippen molar-refractivity contribution in [1.29, 1.82) is 0 Å². The third-order valence-corrected chi connectivity index (χ3v) is 4.31. The molecule has 6 nitrogen and oxygen atoms in total. The predicted molar refractivity (Wildman–Crippen MR) is 100 cm³/mol. The van der Waals surface area contributed by atoms with Crippen molar-refractivity contribution in [2.45, 2.75) is 52.2 Å². The van der Waals surface area contributed by atoms with E-state index < -0.39 is 0 Å². The third-order valence-electron chi connectivity index (χ3n) is 4.31. The molecule has 1 aromatic carbocycles. The van der Waals surface area contributed by atoms with E-state index in [4.69, 9.17) is 9.47 Å². The largest absolute Gasteiger partial charge is 0.494 e. The summed E-state index contributed by atoms with van der Waals surface area (Å²) >= 11 is 0. The van der Waals surface area contributed by atoms with Gasteiger partial charge in [0.2, 0.25) is 11.8 Å². The van der Waals surface area contributed by atoms with Crippen LogP contribution in [0.1, 0.15) is 39.2 Å². The van der Waals surface area contributed by atoms with Gasteiger partial charge in [-0.15, -0.1) is 0 Å². The number of benzene rings is 1. The molecule has 0 aromatic heterocycles. The smallest absolute Gasteiger partial charge is 0.224 e. The molecule has 6 heteroatoms. The van der Waals surface area contributed by atoms with Gasteiger partial charge in [0.1, 0.15) is 5.75 Å². The second-order valence-electron chi connectivity index (χ2n) is 6.73. The van der Waals surface area contributed by atoms with Crippen LogP contribution in [0.5, 0.6) is 5.75 Å². The van der Waals surface area contributed by atoms with E-state index in [0.717, 1.165) is 11.3 Å². The number of hydrogen-bond donors (Lipinski definition) is 1. The minimum atomic E-state index is -0.0320. The van der Waals surface area contributed by atoms with Crippen molar-refractivity contribution >= 4 is 11.8 Å². The zero-order valence-electron chi connectivity index (χ0n) is 16.0. The molecule has 26 heavy (non-hydrogen) atoms. The number of nitrogens with one attached hydrogen (secondary N) is 1. The van der Waals surface area contributed by atoms with Gasteiger partial charge in [-0.3, -0.25) is 9.59 Å². The second-order valence-corrected chi connectivity index (χ2v) is 6.73. The molecule has 0 spiro atoms. The van der Waals surface area contributed by atoms with Gasteiger partial charge >= 0.3 is 0 Å². The highest BCUT2D eigenvalue weighted by molar-refractivity contribution is 5.79. The molecule has 1 fully saturated rings. The van der Waals surface area contributed by atoms with Crippen LogP contribution >= 0.6 is 0 Å². The molecule has 0 aliphatic carbocycles. The Bertz CT molecular complexity index is 578. The first-order valence-electron chi connectivity index (χ1n) is 9.39. The zero-order valence-corrected chi connectivity index (χ0v) is 16.0. The number of ether oxygens (including phenoxy) is 2. The summed E-state index contributed by atoms with van der Waals surface area (Å²) < 4.78 is 11.0. The molecule has 1 aromatic rings. The fourth-order valence-corrected chi connectivity index (χ4v) is 3.11. The lowest BCUT2D eigenvalue weighted by atomic mass is 10.1. The lowest BCUT2D eigenvalue weighted by molar-refractivity contribution is -0.143. The predicted octanol–water partition coefficient (Wildman–Crippen LogP) is 2.16. The van der Waals surface area contributed by atoms with Gasteiger partial charge < -0.3 is 19.7 Å². The summed E-state index contributed by atoms with van der Waals surface area (Å²) in [6.07, 6.45) is 1.53. The Kier molecular flexibility index (Phi) is 7.91. The fraction of sp³-hybridized carbons (Fsp3) is 0.600. The van der Waals surface area contributed by atoms with Crippen LogP contribution in [-0.2, 0) is 20.7 Å². The topological polar surface area (TPSA) is 67.9 Å². The van der Waals surface area contributed by atoms with Gasteiger partial charge in [0.25, 0.3) is 0 Å². The van der Waals surface area contributed by atoms with E-state index in [9.17, 15) is 9.59 Å². The van der Waals surface area contributed by atoms with Crippen LogP contribution in [0, 0.1) is 0 Å². The maximum absolute atomic E-state index is 12.2. The summed E-state index contributed by atoms with van der Waals surface area (Å²) in [5, 5.41) is 2.83. The van der Waals surface area contributed by atoms with Crippen molar-refractivity contribution in [1.82, 2.24) is 10.2 Å². The van der Waals surface area contributed by atoms with Crippen molar-refractivity contribution in [3.8, 4) is 5.75 Å². The average Bonchev–Trinajstić information content (AvgIpc) is 2.60. The van der Waals surface area contributed by atoms with E-state index in [1.54, 1.807) is 0 Å². The molecule has 0 radical (unpaired) electrons. The molecule has 2 amide bonds. The number of amides is 2. The first-order chi connectivity index (χ1) is 12.5. The molecular formula is C20H30N2O4. The molecule has 144 valence electrons. The van der Waals surface area contributed by atoms with Crippen molar-refractivity contribution in [2.24, 2.45) is 0 Å². The lowest BCUT2D eigenvalue weighted by Crippen LogP contribution is -2.48. The van der Waals surface area contributed by atoms with Gasteiger partial charge in [-0.2, -0.15) is 0 Å². The summed E-state index contributed by atoms with van der Waals surface area (Å²) in [7, 11) is 0. The van der Waals surface area contributed by atoms with E-state index in [1.165, 1.54) is 0 Å². The number of carbonyl (C=O) groups is 2. The normalized spacial score (nSPS) is 19.9. The average molecular weight is 362 g/mol. The molecular weight excluding hydrogens is 332 g/mol. The van der Waals surface area contributed by atoms with Crippen molar-refractivity contribution in [2.75, 3.05) is 26.2 Å². The Morgan fingerprint density at radius 1 is 1.15 bits per heavy atom. The molecule has 2 rings (SSSR count). The number of rotatable bonds is 8. The Hall–Kier alpha value is -2.08. The van der Waals surface area contributed by atoms with Crippen LogP contribution in [0.4, 0.5) is 0 Å². The summed E-state index contributed by atoms with van der Waals surface area (Å²) in [5.41, 5.74) is 1.09. The number of morpholine rings is 1. The monoisotopic (exact) mass is 362 g/mol. The van der Waals surface area contributed by atoms with Gasteiger partial charge in [-0.05, 0) is 44.9 Å². The molecule has 1 aliphatic rings. The third kappa shape index (κ3) is 6.67. The van der Waals surface area contributed by atoms with Crippen molar-refractivity contribution < 1.29 is 19.1 Å². The fourth-order valence-electron chi connectivity index (χ4n) is 3.11. The lowest BCUT2D eigenvalue weighted by Gasteiger charge is -2.35. The summed E-state index contributed by atoms with van der Waals surface area (Å²) in [5.74, 6) is 0.875. The molecule has 1 N–H and O–H groups in total. The second kappa shape index (κ2) is 10.2. The highest BCUT2D eigenvalue weighted by Crippen LogP contribution is 2.13. The minimum Gasteiger partial charge on any atom is -0.494 e. The van der Waals surface area contributed by atoms with Gasteiger partial charge in [0, 0.05) is 32.5 Å². The minimum absolute atomic E-state index is 0.0320. The number of carbonyl (C=O) groups excluding carboxylic acids is 2. The first-order valence-corrected chi connectivity index (χ1v) is 9.39. The van der Waals surface area contributed by atoms with Crippen LogP contribution in [0.3, 0.4) is 0 Å². The number of hydrogen-bond acceptors (Lipinski definition) is 4. The number of nitrogens with zero attached hydrogens (tertiary/aromatic N) is 1. The van der Waals surface area contributed by atoms with Gasteiger partial charge in [-0.25, -0.2) is 0 Å². The van der Waals surface area contributed by atoms with Crippen molar-refractivity contribution in [3.05, 3.63) is 29.8 Å². The van der Waals surface area contributed by atoms with E-state index >= 15 is 0 Å². The van der Waals surface area contributed by atoms with Crippen LogP contribution < -0.4 is 10.1 Å². The van der Waals surface area contributed by atoms with Crippen molar-refractivity contribution in [3.63, 3.8) is 0 Å². The summed E-state index contributed by atoms with van der Waals surface area (Å²) in [6, 6.07) is 7.78. The Labute approximate surface area is 155 Å². The van der Waals surface area contributed by atoms with Gasteiger partial charge in [0.15, 0.2) is 0 Å². The molecule has 0 saturated carbocycles. The molecule has 1 heterocycles. The maximum Gasteiger partial charge on any atom is 0.224 e. The van der Waals surface area contributed by atoms with Crippen LogP contribution in [0.25, 0.3) is 0 Å². The quantitative estimate of drug-likeness (QED) is 0.769.